The van der Waals surface area contributed by atoms with Gasteiger partial charge in [-0.25, -0.2) is 0 Å². The van der Waals surface area contributed by atoms with Gasteiger partial charge in [-0.1, -0.05) is 60.7 Å². The number of hydrogen-bond donors (Lipinski definition) is 2. The molecule has 6 heteroatoms. The van der Waals surface area contributed by atoms with E-state index in [-0.39, 0.29) is 12.3 Å². The van der Waals surface area contributed by atoms with Crippen molar-refractivity contribution in [2.45, 2.75) is 25.3 Å². The summed E-state index contributed by atoms with van der Waals surface area (Å²) in [5.41, 5.74) is 4.62. The molecule has 0 aliphatic rings. The minimum atomic E-state index is -0.993. The average molecular weight is 490 g/mol. The van der Waals surface area contributed by atoms with Crippen molar-refractivity contribution in [3.63, 3.8) is 0 Å². The van der Waals surface area contributed by atoms with Crippen molar-refractivity contribution in [3.8, 4) is 17.2 Å². The van der Waals surface area contributed by atoms with Crippen LogP contribution in [0.2, 0.25) is 0 Å². The van der Waals surface area contributed by atoms with Gasteiger partial charge < -0.3 is 10.4 Å². The van der Waals surface area contributed by atoms with Gasteiger partial charge in [0, 0.05) is 24.0 Å². The highest BCUT2D eigenvalue weighted by atomic mass is 16.4. The fraction of sp³-hybridized carbons (Fsp3) is 0.161. The number of hydrogen-bond acceptors (Lipinski definition) is 4. The van der Waals surface area contributed by atoms with Crippen LogP contribution < -0.4 is 5.32 Å². The predicted octanol–water partition coefficient (Wildman–Crippen LogP) is 5.29. The molecule has 0 aliphatic carbocycles. The van der Waals surface area contributed by atoms with E-state index in [0.717, 1.165) is 22.3 Å². The van der Waals surface area contributed by atoms with Gasteiger partial charge in [0.25, 0.3) is 5.91 Å². The Labute approximate surface area is 216 Å². The lowest BCUT2D eigenvalue weighted by molar-refractivity contribution is -0.142. The zero-order valence-corrected chi connectivity index (χ0v) is 20.2. The van der Waals surface area contributed by atoms with E-state index in [1.807, 2.05) is 60.7 Å². The van der Waals surface area contributed by atoms with Crippen molar-refractivity contribution in [1.82, 2.24) is 10.3 Å². The molecule has 0 spiro atoms. The van der Waals surface area contributed by atoms with E-state index in [4.69, 9.17) is 0 Å². The number of aryl methyl sites for hydroxylation is 1. The van der Waals surface area contributed by atoms with Crippen LogP contribution in [-0.4, -0.2) is 28.0 Å². The average Bonchev–Trinajstić information content (AvgIpc) is 2.95. The van der Waals surface area contributed by atoms with Crippen LogP contribution in [0.5, 0.6) is 0 Å². The molecule has 0 radical (unpaired) electrons. The number of carbonyl (C=O) groups excluding carboxylic acids is 1. The highest BCUT2D eigenvalue weighted by Crippen LogP contribution is 2.21. The van der Waals surface area contributed by atoms with Gasteiger partial charge in [0.15, 0.2) is 0 Å². The summed E-state index contributed by atoms with van der Waals surface area (Å²) in [6.45, 7) is 0. The van der Waals surface area contributed by atoms with Crippen LogP contribution in [0.25, 0.3) is 11.1 Å². The first-order valence-corrected chi connectivity index (χ1v) is 12.1. The fourth-order valence-corrected chi connectivity index (χ4v) is 4.36. The standard InChI is InChI=1S/C31H27N3O3/c32-20-24-9-4-8-23(18-24)19-28(31(36)37)29(16-11-22-6-2-1-3-7-22)34-30(35)26-14-12-25(13-15-26)27-10-5-17-33-21-27/h1-10,12-15,17-18,21,28-29H,11,16,19H2,(H,34,35)(H,36,37). The molecule has 4 rings (SSSR count). The number of pyridine rings is 1. The van der Waals surface area contributed by atoms with Gasteiger partial charge in [-0.2, -0.15) is 5.26 Å². The van der Waals surface area contributed by atoms with Crippen molar-refractivity contribution in [2.24, 2.45) is 5.92 Å². The minimum Gasteiger partial charge on any atom is -0.481 e. The number of aliphatic carboxylic acids is 1. The second kappa shape index (κ2) is 12.3. The maximum absolute atomic E-state index is 13.2. The lowest BCUT2D eigenvalue weighted by Gasteiger charge is -2.26. The Kier molecular flexibility index (Phi) is 8.41. The minimum absolute atomic E-state index is 0.199. The van der Waals surface area contributed by atoms with E-state index in [9.17, 15) is 20.0 Å². The fourth-order valence-electron chi connectivity index (χ4n) is 4.36. The van der Waals surface area contributed by atoms with Gasteiger partial charge in [0.2, 0.25) is 0 Å². The molecule has 0 aliphatic heterocycles. The van der Waals surface area contributed by atoms with Gasteiger partial charge >= 0.3 is 5.97 Å². The monoisotopic (exact) mass is 489 g/mol. The van der Waals surface area contributed by atoms with Gasteiger partial charge in [0.05, 0.1) is 17.6 Å². The molecule has 0 saturated heterocycles. The normalized spacial score (nSPS) is 12.2. The van der Waals surface area contributed by atoms with Crippen molar-refractivity contribution in [3.05, 3.63) is 126 Å². The Morgan fingerprint density at radius 3 is 2.32 bits per heavy atom. The molecule has 4 aromatic rings. The Hall–Kier alpha value is -4.76. The van der Waals surface area contributed by atoms with Gasteiger partial charge in [-0.3, -0.25) is 14.6 Å². The molecule has 1 aromatic heterocycles. The lowest BCUT2D eigenvalue weighted by atomic mass is 9.87. The Bertz CT molecular complexity index is 1380. The number of rotatable bonds is 10. The molecule has 6 nitrogen and oxygen atoms in total. The Balaban J connectivity index is 1.56. The molecule has 37 heavy (non-hydrogen) atoms. The van der Waals surface area contributed by atoms with E-state index in [1.54, 1.807) is 42.7 Å². The SMILES string of the molecule is N#Cc1cccc(CC(C(=O)O)C(CCc2ccccc2)NC(=O)c2ccc(-c3cccnc3)cc2)c1. The summed E-state index contributed by atoms with van der Waals surface area (Å²) in [5, 5.41) is 22.4. The summed E-state index contributed by atoms with van der Waals surface area (Å²) in [7, 11) is 0. The molecule has 0 saturated carbocycles. The number of aromatic nitrogens is 1. The zero-order valence-electron chi connectivity index (χ0n) is 20.2. The van der Waals surface area contributed by atoms with Gasteiger partial charge in [0.1, 0.15) is 0 Å². The first-order chi connectivity index (χ1) is 18.0. The van der Waals surface area contributed by atoms with E-state index < -0.39 is 17.9 Å². The van der Waals surface area contributed by atoms with Gasteiger partial charge in [-0.15, -0.1) is 0 Å². The maximum atomic E-state index is 13.2. The van der Waals surface area contributed by atoms with Crippen LogP contribution >= 0.6 is 0 Å². The Morgan fingerprint density at radius 2 is 1.65 bits per heavy atom. The summed E-state index contributed by atoms with van der Waals surface area (Å²) in [6.07, 6.45) is 4.74. The summed E-state index contributed by atoms with van der Waals surface area (Å²) in [6, 6.07) is 29.2. The number of benzene rings is 3. The number of carbonyl (C=O) groups is 2. The first-order valence-electron chi connectivity index (χ1n) is 12.1. The largest absolute Gasteiger partial charge is 0.481 e. The van der Waals surface area contributed by atoms with Gasteiger partial charge in [-0.05, 0) is 71.8 Å². The molecule has 2 unspecified atom stereocenters. The second-order valence-corrected chi connectivity index (χ2v) is 8.88. The molecule has 2 atom stereocenters. The third-order valence-corrected chi connectivity index (χ3v) is 6.36. The number of nitrogens with zero attached hydrogens (tertiary/aromatic N) is 2. The summed E-state index contributed by atoms with van der Waals surface area (Å²) >= 11 is 0. The smallest absolute Gasteiger partial charge is 0.308 e. The summed E-state index contributed by atoms with van der Waals surface area (Å²) in [4.78, 5) is 29.8. The third kappa shape index (κ3) is 6.89. The van der Waals surface area contributed by atoms with Crippen LogP contribution in [0.4, 0.5) is 0 Å². The molecule has 1 heterocycles. The molecule has 3 aromatic carbocycles. The van der Waals surface area contributed by atoms with E-state index in [2.05, 4.69) is 16.4 Å². The van der Waals surface area contributed by atoms with Crippen molar-refractivity contribution in [1.29, 1.82) is 5.26 Å². The van der Waals surface area contributed by atoms with Crippen LogP contribution in [0.15, 0.2) is 103 Å². The molecule has 0 fully saturated rings. The molecule has 184 valence electrons. The third-order valence-electron chi connectivity index (χ3n) is 6.36. The molecule has 2 N–H and O–H groups in total. The van der Waals surface area contributed by atoms with Crippen molar-refractivity contribution >= 4 is 11.9 Å². The topological polar surface area (TPSA) is 103 Å². The second-order valence-electron chi connectivity index (χ2n) is 8.88. The first kappa shape index (κ1) is 25.3. The summed E-state index contributed by atoms with van der Waals surface area (Å²) < 4.78 is 0. The van der Waals surface area contributed by atoms with Crippen LogP contribution in [0, 0.1) is 17.2 Å². The van der Waals surface area contributed by atoms with Crippen molar-refractivity contribution < 1.29 is 14.7 Å². The Morgan fingerprint density at radius 1 is 0.892 bits per heavy atom. The predicted molar refractivity (Wildman–Crippen MR) is 142 cm³/mol. The summed E-state index contributed by atoms with van der Waals surface area (Å²) in [5.74, 6) is -2.18. The molecular weight excluding hydrogens is 462 g/mol. The molecule has 1 amide bonds. The number of carboxylic acid groups (broad SMARTS) is 1. The number of carboxylic acids is 1. The number of amides is 1. The maximum Gasteiger partial charge on any atom is 0.308 e. The van der Waals surface area contributed by atoms with Crippen molar-refractivity contribution in [2.75, 3.05) is 0 Å². The quantitative estimate of drug-likeness (QED) is 0.315. The highest BCUT2D eigenvalue weighted by Gasteiger charge is 2.30. The molecular formula is C31H27N3O3. The highest BCUT2D eigenvalue weighted by molar-refractivity contribution is 5.95. The van der Waals surface area contributed by atoms with Crippen LogP contribution in [-0.2, 0) is 17.6 Å². The molecule has 0 bridgehead atoms. The number of nitrogens with one attached hydrogen (secondary N) is 1. The van der Waals surface area contributed by atoms with Crippen LogP contribution in [0.3, 0.4) is 0 Å². The van der Waals surface area contributed by atoms with E-state index in [1.165, 1.54) is 0 Å². The van der Waals surface area contributed by atoms with E-state index in [0.29, 0.717) is 24.0 Å². The van der Waals surface area contributed by atoms with Crippen LogP contribution in [0.1, 0.15) is 33.5 Å². The lowest BCUT2D eigenvalue weighted by Crippen LogP contribution is -2.44. The zero-order chi connectivity index (χ0) is 26.0. The van der Waals surface area contributed by atoms with E-state index >= 15 is 0 Å². The number of nitriles is 1.